The maximum absolute atomic E-state index is 12.5. The number of halogens is 3. The van der Waals surface area contributed by atoms with Crippen LogP contribution >= 0.6 is 0 Å². The molecular weight excluding hydrogens is 257 g/mol. The molecule has 0 aliphatic heterocycles. The van der Waals surface area contributed by atoms with E-state index in [1.807, 2.05) is 0 Å². The summed E-state index contributed by atoms with van der Waals surface area (Å²) in [5.41, 5.74) is -0.623. The van der Waals surface area contributed by atoms with Crippen LogP contribution in [0.5, 0.6) is 0 Å². The molecule has 1 aromatic carbocycles. The first kappa shape index (κ1) is 13.2. The predicted octanol–water partition coefficient (Wildman–Crippen LogP) is 2.92. The van der Waals surface area contributed by atoms with Gasteiger partial charge in [0.2, 0.25) is 0 Å². The minimum absolute atomic E-state index is 0.135. The molecule has 2 aromatic rings. The van der Waals surface area contributed by atoms with Gasteiger partial charge in [-0.1, -0.05) is 30.3 Å². The number of ketones is 1. The van der Waals surface area contributed by atoms with Gasteiger partial charge in [0, 0.05) is 11.8 Å². The maximum Gasteiger partial charge on any atom is 0.433 e. The third-order valence-corrected chi connectivity index (χ3v) is 2.41. The molecule has 2 rings (SSSR count). The van der Waals surface area contributed by atoms with E-state index in [1.165, 1.54) is 0 Å². The van der Waals surface area contributed by atoms with Crippen LogP contribution in [0.4, 0.5) is 13.2 Å². The maximum atomic E-state index is 12.5. The van der Waals surface area contributed by atoms with E-state index in [0.29, 0.717) is 5.56 Å². The number of aromatic nitrogens is 2. The highest BCUT2D eigenvalue weighted by atomic mass is 19.4. The lowest BCUT2D eigenvalue weighted by molar-refractivity contribution is -0.141. The van der Waals surface area contributed by atoms with E-state index in [9.17, 15) is 18.0 Å². The zero-order valence-electron chi connectivity index (χ0n) is 9.69. The number of hydrogen-bond donors (Lipinski definition) is 0. The van der Waals surface area contributed by atoms with Crippen LogP contribution in [0.2, 0.25) is 0 Å². The number of rotatable bonds is 3. The van der Waals surface area contributed by atoms with Crippen molar-refractivity contribution >= 4 is 5.78 Å². The quantitative estimate of drug-likeness (QED) is 0.802. The molecule has 0 saturated carbocycles. The van der Waals surface area contributed by atoms with E-state index in [0.717, 1.165) is 12.3 Å². The second kappa shape index (κ2) is 5.17. The second-order valence-corrected chi connectivity index (χ2v) is 3.82. The highest BCUT2D eigenvalue weighted by Gasteiger charge is 2.32. The summed E-state index contributed by atoms with van der Waals surface area (Å²) in [7, 11) is 0. The van der Waals surface area contributed by atoms with Crippen LogP contribution in [-0.2, 0) is 12.6 Å². The van der Waals surface area contributed by atoms with Crippen molar-refractivity contribution in [2.45, 2.75) is 12.6 Å². The molecule has 0 aliphatic carbocycles. The van der Waals surface area contributed by atoms with Crippen molar-refractivity contribution in [2.75, 3.05) is 0 Å². The van der Waals surface area contributed by atoms with Crippen molar-refractivity contribution in [2.24, 2.45) is 0 Å². The van der Waals surface area contributed by atoms with Gasteiger partial charge in [0.05, 0.1) is 6.42 Å². The van der Waals surface area contributed by atoms with Crippen LogP contribution < -0.4 is 0 Å². The predicted molar refractivity (Wildman–Crippen MR) is 61.5 cm³/mol. The Morgan fingerprint density at radius 2 is 1.79 bits per heavy atom. The van der Waals surface area contributed by atoms with Gasteiger partial charge in [0.1, 0.15) is 11.5 Å². The number of carbonyl (C=O) groups is 1. The molecule has 19 heavy (non-hydrogen) atoms. The van der Waals surface area contributed by atoms with E-state index in [-0.39, 0.29) is 18.0 Å². The fraction of sp³-hybridized carbons (Fsp3) is 0.154. The summed E-state index contributed by atoms with van der Waals surface area (Å²) < 4.78 is 37.4. The van der Waals surface area contributed by atoms with Gasteiger partial charge >= 0.3 is 6.18 Å². The van der Waals surface area contributed by atoms with Gasteiger partial charge in [0.15, 0.2) is 5.78 Å². The molecule has 0 N–H and O–H groups in total. The Morgan fingerprint density at radius 1 is 1.11 bits per heavy atom. The number of nitrogens with zero attached hydrogens (tertiary/aromatic N) is 2. The van der Waals surface area contributed by atoms with Crippen LogP contribution in [0.25, 0.3) is 0 Å². The van der Waals surface area contributed by atoms with E-state index in [4.69, 9.17) is 0 Å². The number of Topliss-reactive ketones (excluding diaryl/α,β-unsaturated/α-hetero) is 1. The second-order valence-electron chi connectivity index (χ2n) is 3.82. The molecule has 0 saturated heterocycles. The van der Waals surface area contributed by atoms with Crippen molar-refractivity contribution < 1.29 is 18.0 Å². The molecule has 1 heterocycles. The molecule has 98 valence electrons. The van der Waals surface area contributed by atoms with Crippen molar-refractivity contribution in [1.29, 1.82) is 0 Å². The van der Waals surface area contributed by atoms with Crippen molar-refractivity contribution in [1.82, 2.24) is 9.97 Å². The fourth-order valence-electron chi connectivity index (χ4n) is 1.51. The van der Waals surface area contributed by atoms with E-state index in [2.05, 4.69) is 9.97 Å². The Bertz CT molecular complexity index is 582. The fourth-order valence-corrected chi connectivity index (χ4v) is 1.51. The number of alkyl halides is 3. The lowest BCUT2D eigenvalue weighted by Gasteiger charge is -2.06. The zero-order chi connectivity index (χ0) is 13.9. The average molecular weight is 266 g/mol. The Balaban J connectivity index is 2.18. The Labute approximate surface area is 107 Å². The van der Waals surface area contributed by atoms with Crippen molar-refractivity contribution in [3.8, 4) is 0 Å². The molecule has 1 aromatic heterocycles. The van der Waals surface area contributed by atoms with Crippen LogP contribution in [-0.4, -0.2) is 15.8 Å². The summed E-state index contributed by atoms with van der Waals surface area (Å²) in [5, 5.41) is 0. The normalized spacial score (nSPS) is 11.3. The van der Waals surface area contributed by atoms with E-state index in [1.54, 1.807) is 30.3 Å². The standard InChI is InChI=1S/C13H9F3N2O/c14-13(15,16)11-6-7-17-12(18-11)8-10(19)9-4-2-1-3-5-9/h1-7H,8H2. The first-order valence-electron chi connectivity index (χ1n) is 5.44. The lowest BCUT2D eigenvalue weighted by Crippen LogP contribution is -2.13. The minimum Gasteiger partial charge on any atom is -0.294 e. The molecule has 0 amide bonds. The van der Waals surface area contributed by atoms with Gasteiger partial charge in [-0.05, 0) is 6.07 Å². The zero-order valence-corrected chi connectivity index (χ0v) is 9.69. The Kier molecular flexibility index (Phi) is 3.59. The molecule has 3 nitrogen and oxygen atoms in total. The summed E-state index contributed by atoms with van der Waals surface area (Å²) in [6, 6.07) is 9.07. The first-order valence-corrected chi connectivity index (χ1v) is 5.44. The molecule has 0 unspecified atom stereocenters. The van der Waals surface area contributed by atoms with Gasteiger partial charge in [-0.15, -0.1) is 0 Å². The Hall–Kier alpha value is -2.24. The van der Waals surface area contributed by atoms with Gasteiger partial charge in [-0.3, -0.25) is 4.79 Å². The molecule has 0 radical (unpaired) electrons. The van der Waals surface area contributed by atoms with Crippen molar-refractivity contribution in [3.05, 3.63) is 59.7 Å². The van der Waals surface area contributed by atoms with Crippen LogP contribution in [0, 0.1) is 0 Å². The third kappa shape index (κ3) is 3.37. The highest BCUT2D eigenvalue weighted by Crippen LogP contribution is 2.27. The van der Waals surface area contributed by atoms with Gasteiger partial charge in [-0.25, -0.2) is 9.97 Å². The van der Waals surface area contributed by atoms with Crippen LogP contribution in [0.1, 0.15) is 21.9 Å². The molecule has 0 fully saturated rings. The first-order chi connectivity index (χ1) is 8.97. The highest BCUT2D eigenvalue weighted by molar-refractivity contribution is 5.97. The Morgan fingerprint density at radius 3 is 2.42 bits per heavy atom. The summed E-state index contributed by atoms with van der Waals surface area (Å²) in [6.07, 6.45) is -3.79. The lowest BCUT2D eigenvalue weighted by atomic mass is 10.1. The largest absolute Gasteiger partial charge is 0.433 e. The molecule has 0 atom stereocenters. The molecule has 0 aliphatic rings. The topological polar surface area (TPSA) is 42.9 Å². The van der Waals surface area contributed by atoms with Gasteiger partial charge < -0.3 is 0 Å². The minimum atomic E-state index is -4.53. The summed E-state index contributed by atoms with van der Waals surface area (Å²) in [6.45, 7) is 0. The number of carbonyl (C=O) groups excluding carboxylic acids is 1. The number of hydrogen-bond acceptors (Lipinski definition) is 3. The summed E-state index contributed by atoms with van der Waals surface area (Å²) in [5.74, 6) is -0.455. The average Bonchev–Trinajstić information content (AvgIpc) is 2.39. The van der Waals surface area contributed by atoms with Crippen LogP contribution in [0.3, 0.4) is 0 Å². The molecule has 0 bridgehead atoms. The molecule has 6 heteroatoms. The summed E-state index contributed by atoms with van der Waals surface area (Å²) >= 11 is 0. The number of benzene rings is 1. The third-order valence-electron chi connectivity index (χ3n) is 2.41. The van der Waals surface area contributed by atoms with E-state index >= 15 is 0 Å². The smallest absolute Gasteiger partial charge is 0.294 e. The molecule has 0 spiro atoms. The van der Waals surface area contributed by atoms with Crippen molar-refractivity contribution in [3.63, 3.8) is 0 Å². The van der Waals surface area contributed by atoms with Gasteiger partial charge in [-0.2, -0.15) is 13.2 Å². The summed E-state index contributed by atoms with van der Waals surface area (Å²) in [4.78, 5) is 18.9. The van der Waals surface area contributed by atoms with E-state index < -0.39 is 11.9 Å². The van der Waals surface area contributed by atoms with Crippen LogP contribution in [0.15, 0.2) is 42.6 Å². The van der Waals surface area contributed by atoms with Gasteiger partial charge in [0.25, 0.3) is 0 Å². The SMILES string of the molecule is O=C(Cc1nccc(C(F)(F)F)n1)c1ccccc1. The monoisotopic (exact) mass is 266 g/mol. The molecular formula is C13H9F3N2O.